The molecule has 0 saturated heterocycles. The summed E-state index contributed by atoms with van der Waals surface area (Å²) in [6, 6.07) is 11.8. The quantitative estimate of drug-likeness (QED) is 0.427. The first-order chi connectivity index (χ1) is 15.6. The summed E-state index contributed by atoms with van der Waals surface area (Å²) in [4.78, 5) is 16.9. The number of aliphatic hydroxyl groups is 1. The molecule has 172 valence electrons. The van der Waals surface area contributed by atoms with Gasteiger partial charge in [0.15, 0.2) is 17.8 Å². The predicted molar refractivity (Wildman–Crippen MR) is 109 cm³/mol. The van der Waals surface area contributed by atoms with Crippen LogP contribution in [-0.4, -0.2) is 46.5 Å². The van der Waals surface area contributed by atoms with Gasteiger partial charge in [0, 0.05) is 10.6 Å². The molecule has 0 radical (unpaired) electrons. The van der Waals surface area contributed by atoms with E-state index < -0.39 is 30.3 Å². The van der Waals surface area contributed by atoms with Crippen molar-refractivity contribution in [2.45, 2.75) is 25.4 Å². The number of para-hydroxylation sites is 1. The van der Waals surface area contributed by atoms with Gasteiger partial charge in [-0.2, -0.15) is 13.2 Å². The largest absolute Gasteiger partial charge is 0.416 e. The summed E-state index contributed by atoms with van der Waals surface area (Å²) in [5.41, 5.74) is -0.468. The zero-order valence-corrected chi connectivity index (χ0v) is 17.4. The van der Waals surface area contributed by atoms with Crippen molar-refractivity contribution >= 4 is 11.6 Å². The van der Waals surface area contributed by atoms with Crippen LogP contribution in [0.1, 0.15) is 5.82 Å². The second-order valence-electron chi connectivity index (χ2n) is 7.00. The lowest BCUT2D eigenvalue weighted by Crippen LogP contribution is -2.37. The molecule has 1 N–H and O–H groups in total. The van der Waals surface area contributed by atoms with E-state index >= 15 is 0 Å². The molecule has 0 fully saturated rings. The first-order valence-electron chi connectivity index (χ1n) is 9.47. The number of alkyl halides is 3. The number of halogens is 5. The van der Waals surface area contributed by atoms with Gasteiger partial charge >= 0.3 is 11.9 Å². The molecular formula is C20H15ClF4N6O2. The van der Waals surface area contributed by atoms with Crippen LogP contribution in [0.4, 0.5) is 17.6 Å². The van der Waals surface area contributed by atoms with Gasteiger partial charge in [0.2, 0.25) is 0 Å². The van der Waals surface area contributed by atoms with Crippen LogP contribution in [0.25, 0.3) is 17.1 Å². The van der Waals surface area contributed by atoms with Gasteiger partial charge in [0.05, 0.1) is 6.54 Å². The van der Waals surface area contributed by atoms with Gasteiger partial charge in [-0.05, 0) is 36.4 Å². The number of nitrogens with zero attached hydrogens (tertiary/aromatic N) is 6. The molecule has 0 aliphatic carbocycles. The van der Waals surface area contributed by atoms with E-state index in [0.717, 1.165) is 9.25 Å². The molecule has 13 heteroatoms. The number of aromatic nitrogens is 6. The fourth-order valence-electron chi connectivity index (χ4n) is 3.05. The number of hydrogen-bond donors (Lipinski definition) is 1. The van der Waals surface area contributed by atoms with Gasteiger partial charge in [0.1, 0.15) is 24.4 Å². The van der Waals surface area contributed by atoms with E-state index in [1.807, 2.05) is 0 Å². The highest BCUT2D eigenvalue weighted by Crippen LogP contribution is 2.24. The summed E-state index contributed by atoms with van der Waals surface area (Å²) in [5, 5.41) is 18.1. The molecule has 0 aliphatic rings. The molecule has 0 aliphatic heterocycles. The topological polar surface area (TPSA) is 90.8 Å². The SMILES string of the molecule is O=c1n(Cc2ncn(-c3ccccc3F)n2)nc(-c2ccc(Cl)cc2)n1CC(O)C(F)(F)F. The van der Waals surface area contributed by atoms with Crippen LogP contribution in [0.5, 0.6) is 0 Å². The van der Waals surface area contributed by atoms with Crippen molar-refractivity contribution in [3.8, 4) is 17.1 Å². The fourth-order valence-corrected chi connectivity index (χ4v) is 3.18. The van der Waals surface area contributed by atoms with Gasteiger partial charge in [-0.1, -0.05) is 23.7 Å². The third-order valence-corrected chi connectivity index (χ3v) is 4.94. The molecule has 4 rings (SSSR count). The monoisotopic (exact) mass is 482 g/mol. The Morgan fingerprint density at radius 3 is 2.42 bits per heavy atom. The molecule has 2 aromatic heterocycles. The Balaban J connectivity index is 1.71. The minimum atomic E-state index is -4.93. The Bertz CT molecular complexity index is 1330. The molecule has 0 spiro atoms. The van der Waals surface area contributed by atoms with Crippen LogP contribution in [0.15, 0.2) is 59.7 Å². The van der Waals surface area contributed by atoms with Crippen molar-refractivity contribution in [1.29, 1.82) is 0 Å². The van der Waals surface area contributed by atoms with Crippen LogP contribution in [-0.2, 0) is 13.1 Å². The van der Waals surface area contributed by atoms with Crippen molar-refractivity contribution in [2.75, 3.05) is 0 Å². The van der Waals surface area contributed by atoms with E-state index in [-0.39, 0.29) is 23.9 Å². The first kappa shape index (κ1) is 22.7. The second kappa shape index (κ2) is 8.79. The Kier molecular flexibility index (Phi) is 6.04. The Hall–Kier alpha value is -3.51. The molecule has 33 heavy (non-hydrogen) atoms. The van der Waals surface area contributed by atoms with Gasteiger partial charge in [-0.3, -0.25) is 4.57 Å². The summed E-state index contributed by atoms with van der Waals surface area (Å²) in [6.07, 6.45) is -6.47. The van der Waals surface area contributed by atoms with Crippen LogP contribution >= 0.6 is 11.6 Å². The van der Waals surface area contributed by atoms with E-state index in [9.17, 15) is 27.5 Å². The van der Waals surface area contributed by atoms with E-state index in [4.69, 9.17) is 11.6 Å². The lowest BCUT2D eigenvalue weighted by molar-refractivity contribution is -0.207. The Labute approximate surface area is 188 Å². The number of rotatable bonds is 6. The Morgan fingerprint density at radius 2 is 1.76 bits per heavy atom. The molecule has 1 unspecified atom stereocenters. The maximum absolute atomic E-state index is 14.0. The van der Waals surface area contributed by atoms with Crippen LogP contribution in [0, 0.1) is 5.82 Å². The second-order valence-corrected chi connectivity index (χ2v) is 7.43. The lowest BCUT2D eigenvalue weighted by Gasteiger charge is -2.15. The molecule has 0 bridgehead atoms. The summed E-state index contributed by atoms with van der Waals surface area (Å²) in [5.74, 6) is -0.570. The van der Waals surface area contributed by atoms with Gasteiger partial charge in [-0.15, -0.1) is 10.2 Å². The molecule has 4 aromatic rings. The maximum atomic E-state index is 14.0. The van der Waals surface area contributed by atoms with Gasteiger partial charge in [0.25, 0.3) is 0 Å². The summed E-state index contributed by atoms with van der Waals surface area (Å²) in [7, 11) is 0. The molecular weight excluding hydrogens is 468 g/mol. The minimum Gasteiger partial charge on any atom is -0.382 e. The average molecular weight is 483 g/mol. The summed E-state index contributed by atoms with van der Waals surface area (Å²) < 4.78 is 55.6. The van der Waals surface area contributed by atoms with Crippen molar-refractivity contribution in [3.05, 3.63) is 82.0 Å². The predicted octanol–water partition coefficient (Wildman–Crippen LogP) is 3.06. The van der Waals surface area contributed by atoms with Crippen LogP contribution in [0.2, 0.25) is 5.02 Å². The minimum absolute atomic E-state index is 0.0732. The van der Waals surface area contributed by atoms with E-state index in [2.05, 4.69) is 15.2 Å². The molecule has 2 heterocycles. The number of benzene rings is 2. The molecule has 0 amide bonds. The fraction of sp³-hybridized carbons (Fsp3) is 0.200. The standard InChI is InChI=1S/C20H15ClF4N6O2/c21-13-7-5-12(6-8-13)18-28-30(19(33)29(18)9-16(32)20(23,24)25)10-17-26-11-31(27-17)15-4-2-1-3-14(15)22/h1-8,11,16,32H,9-10H2. The number of hydrogen-bond acceptors (Lipinski definition) is 5. The zero-order chi connectivity index (χ0) is 23.8. The molecule has 0 saturated carbocycles. The normalized spacial score (nSPS) is 12.8. The van der Waals surface area contributed by atoms with Crippen molar-refractivity contribution < 1.29 is 22.7 Å². The molecule has 1 atom stereocenters. The molecule has 2 aromatic carbocycles. The summed E-state index contributed by atoms with van der Waals surface area (Å²) >= 11 is 5.86. The average Bonchev–Trinajstić information content (AvgIpc) is 3.34. The lowest BCUT2D eigenvalue weighted by atomic mass is 10.2. The third kappa shape index (κ3) is 4.81. The van der Waals surface area contributed by atoms with Crippen LogP contribution < -0.4 is 5.69 Å². The number of aliphatic hydroxyl groups excluding tert-OH is 1. The third-order valence-electron chi connectivity index (χ3n) is 4.69. The highest BCUT2D eigenvalue weighted by molar-refractivity contribution is 6.30. The first-order valence-corrected chi connectivity index (χ1v) is 9.85. The highest BCUT2D eigenvalue weighted by atomic mass is 35.5. The Morgan fingerprint density at radius 1 is 1.06 bits per heavy atom. The van der Waals surface area contributed by atoms with Crippen molar-refractivity contribution in [2.24, 2.45) is 0 Å². The van der Waals surface area contributed by atoms with Gasteiger partial charge in [-0.25, -0.2) is 23.5 Å². The van der Waals surface area contributed by atoms with Crippen LogP contribution in [0.3, 0.4) is 0 Å². The van der Waals surface area contributed by atoms with E-state index in [0.29, 0.717) is 10.6 Å². The maximum Gasteiger partial charge on any atom is 0.416 e. The van der Waals surface area contributed by atoms with Gasteiger partial charge < -0.3 is 5.11 Å². The van der Waals surface area contributed by atoms with E-state index in [1.54, 1.807) is 6.07 Å². The smallest absolute Gasteiger partial charge is 0.382 e. The van der Waals surface area contributed by atoms with Crippen molar-refractivity contribution in [3.63, 3.8) is 0 Å². The molecule has 8 nitrogen and oxygen atoms in total. The summed E-state index contributed by atoms with van der Waals surface area (Å²) in [6.45, 7) is -1.35. The van der Waals surface area contributed by atoms with E-state index in [1.165, 1.54) is 53.5 Å². The zero-order valence-electron chi connectivity index (χ0n) is 16.6. The highest BCUT2D eigenvalue weighted by Gasteiger charge is 2.39. The van der Waals surface area contributed by atoms with Crippen molar-refractivity contribution in [1.82, 2.24) is 29.1 Å².